The summed E-state index contributed by atoms with van der Waals surface area (Å²) in [6.45, 7) is 0. The quantitative estimate of drug-likeness (QED) is 0.699. The number of rotatable bonds is 2. The summed E-state index contributed by atoms with van der Waals surface area (Å²) >= 11 is 17.4. The number of carbonyl (C=O) groups is 1. The highest BCUT2D eigenvalue weighted by atomic mass is 35.5. The molecule has 2 rings (SSSR count). The summed E-state index contributed by atoms with van der Waals surface area (Å²) in [5, 5.41) is 0.123. The van der Waals surface area contributed by atoms with Gasteiger partial charge in [-0.2, -0.15) is 0 Å². The molecule has 0 saturated carbocycles. The Bertz CT molecular complexity index is 626. The van der Waals surface area contributed by atoms with Crippen LogP contribution in [0.2, 0.25) is 10.0 Å². The van der Waals surface area contributed by atoms with Gasteiger partial charge in [0.1, 0.15) is 5.82 Å². The molecule has 2 aromatic carbocycles. The van der Waals surface area contributed by atoms with Crippen molar-refractivity contribution in [3.8, 4) is 11.1 Å². The highest BCUT2D eigenvalue weighted by molar-refractivity contribution is 6.68. The van der Waals surface area contributed by atoms with Crippen LogP contribution in [0, 0.1) is 5.82 Å². The van der Waals surface area contributed by atoms with Gasteiger partial charge in [-0.25, -0.2) is 4.39 Å². The van der Waals surface area contributed by atoms with E-state index >= 15 is 0 Å². The predicted molar refractivity (Wildman–Crippen MR) is 72.0 cm³/mol. The number of benzene rings is 2. The first-order chi connectivity index (χ1) is 8.49. The molecule has 5 heteroatoms. The average Bonchev–Trinajstić information content (AvgIpc) is 2.32. The third-order valence-electron chi connectivity index (χ3n) is 2.41. The van der Waals surface area contributed by atoms with E-state index in [2.05, 4.69) is 0 Å². The zero-order chi connectivity index (χ0) is 13.3. The molecule has 0 N–H and O–H groups in total. The molecule has 18 heavy (non-hydrogen) atoms. The number of hydrogen-bond donors (Lipinski definition) is 0. The fourth-order valence-electron chi connectivity index (χ4n) is 1.62. The monoisotopic (exact) mass is 302 g/mol. The summed E-state index contributed by atoms with van der Waals surface area (Å²) in [5.41, 5.74) is 1.04. The molecule has 0 amide bonds. The van der Waals surface area contributed by atoms with E-state index in [0.29, 0.717) is 21.2 Å². The summed E-state index contributed by atoms with van der Waals surface area (Å²) in [6.07, 6.45) is 0. The Labute approximate surface area is 118 Å². The Hall–Kier alpha value is -1.09. The third-order valence-corrected chi connectivity index (χ3v) is 3.18. The van der Waals surface area contributed by atoms with Crippen LogP contribution < -0.4 is 0 Å². The molecule has 0 aliphatic rings. The van der Waals surface area contributed by atoms with Crippen LogP contribution in [0.5, 0.6) is 0 Å². The van der Waals surface area contributed by atoms with Gasteiger partial charge in [0.05, 0.1) is 0 Å². The molecular formula is C13H6Cl3FO. The van der Waals surface area contributed by atoms with E-state index in [1.54, 1.807) is 18.2 Å². The molecule has 0 spiro atoms. The van der Waals surface area contributed by atoms with Crippen LogP contribution in [0.1, 0.15) is 10.4 Å². The molecule has 0 unspecified atom stereocenters. The lowest BCUT2D eigenvalue weighted by Crippen LogP contribution is -1.95. The molecule has 0 aliphatic carbocycles. The average molecular weight is 304 g/mol. The maximum Gasteiger partial charge on any atom is 0.253 e. The van der Waals surface area contributed by atoms with Gasteiger partial charge in [0.2, 0.25) is 0 Å². The minimum atomic E-state index is -0.749. The van der Waals surface area contributed by atoms with E-state index in [0.717, 1.165) is 6.07 Å². The Morgan fingerprint density at radius 2 is 1.72 bits per heavy atom. The van der Waals surface area contributed by atoms with Gasteiger partial charge < -0.3 is 0 Å². The fourth-order valence-corrected chi connectivity index (χ4v) is 2.17. The van der Waals surface area contributed by atoms with Crippen molar-refractivity contribution >= 4 is 40.0 Å². The van der Waals surface area contributed by atoms with Crippen LogP contribution in [0.25, 0.3) is 11.1 Å². The Morgan fingerprint density at radius 3 is 2.39 bits per heavy atom. The number of halogens is 4. The Morgan fingerprint density at radius 1 is 1.00 bits per heavy atom. The van der Waals surface area contributed by atoms with Crippen LogP contribution in [0.15, 0.2) is 36.4 Å². The van der Waals surface area contributed by atoms with Gasteiger partial charge in [0.25, 0.3) is 5.24 Å². The van der Waals surface area contributed by atoms with Gasteiger partial charge in [-0.15, -0.1) is 0 Å². The molecule has 92 valence electrons. The van der Waals surface area contributed by atoms with E-state index in [9.17, 15) is 9.18 Å². The Kier molecular flexibility index (Phi) is 3.91. The van der Waals surface area contributed by atoms with Gasteiger partial charge in [-0.05, 0) is 47.5 Å². The van der Waals surface area contributed by atoms with Crippen molar-refractivity contribution in [2.24, 2.45) is 0 Å². The van der Waals surface area contributed by atoms with E-state index in [-0.39, 0.29) is 5.56 Å². The van der Waals surface area contributed by atoms with Crippen molar-refractivity contribution in [1.29, 1.82) is 0 Å². The van der Waals surface area contributed by atoms with Crippen LogP contribution in [0.4, 0.5) is 4.39 Å². The van der Waals surface area contributed by atoms with Gasteiger partial charge in [0.15, 0.2) is 0 Å². The summed E-state index contributed by atoms with van der Waals surface area (Å²) in [7, 11) is 0. The van der Waals surface area contributed by atoms with Gasteiger partial charge in [-0.1, -0.05) is 29.3 Å². The lowest BCUT2D eigenvalue weighted by molar-refractivity contribution is 0.108. The lowest BCUT2D eigenvalue weighted by Gasteiger charge is -2.09. The van der Waals surface area contributed by atoms with Crippen LogP contribution in [0.3, 0.4) is 0 Å². The molecule has 0 heterocycles. The first kappa shape index (κ1) is 13.3. The van der Waals surface area contributed by atoms with Crippen molar-refractivity contribution in [3.05, 3.63) is 57.8 Å². The van der Waals surface area contributed by atoms with Crippen LogP contribution in [-0.4, -0.2) is 5.24 Å². The topological polar surface area (TPSA) is 17.1 Å². The van der Waals surface area contributed by atoms with Crippen molar-refractivity contribution in [1.82, 2.24) is 0 Å². The minimum Gasteiger partial charge on any atom is -0.276 e. The maximum absolute atomic E-state index is 13.1. The standard InChI is InChI=1S/C13H6Cl3FO/c14-7-1-4-12(15)10(5-7)9-3-2-8(17)6-11(9)13(16)18/h1-6H. The number of carbonyl (C=O) groups excluding carboxylic acids is 1. The van der Waals surface area contributed by atoms with Crippen LogP contribution >= 0.6 is 34.8 Å². The zero-order valence-corrected chi connectivity index (χ0v) is 11.2. The summed E-state index contributed by atoms with van der Waals surface area (Å²) in [4.78, 5) is 11.3. The summed E-state index contributed by atoms with van der Waals surface area (Å²) in [6, 6.07) is 8.57. The molecule has 0 fully saturated rings. The van der Waals surface area contributed by atoms with Crippen molar-refractivity contribution in [3.63, 3.8) is 0 Å². The minimum absolute atomic E-state index is 0.0563. The second-order valence-electron chi connectivity index (χ2n) is 3.59. The normalized spacial score (nSPS) is 10.4. The first-order valence-corrected chi connectivity index (χ1v) is 6.07. The highest BCUT2D eigenvalue weighted by Crippen LogP contribution is 2.33. The molecule has 0 bridgehead atoms. The zero-order valence-electron chi connectivity index (χ0n) is 8.88. The first-order valence-electron chi connectivity index (χ1n) is 4.94. The summed E-state index contributed by atoms with van der Waals surface area (Å²) < 4.78 is 13.1. The molecule has 0 aliphatic heterocycles. The predicted octanol–water partition coefficient (Wildman–Crippen LogP) is 5.18. The maximum atomic E-state index is 13.1. The molecular weight excluding hydrogens is 297 g/mol. The third kappa shape index (κ3) is 2.66. The molecule has 2 aromatic rings. The van der Waals surface area contributed by atoms with Crippen molar-refractivity contribution < 1.29 is 9.18 Å². The van der Waals surface area contributed by atoms with E-state index in [1.165, 1.54) is 12.1 Å². The van der Waals surface area contributed by atoms with Crippen LogP contribution in [-0.2, 0) is 0 Å². The van der Waals surface area contributed by atoms with Gasteiger partial charge in [0, 0.05) is 21.2 Å². The van der Waals surface area contributed by atoms with Crippen molar-refractivity contribution in [2.75, 3.05) is 0 Å². The van der Waals surface area contributed by atoms with Crippen molar-refractivity contribution in [2.45, 2.75) is 0 Å². The molecule has 0 radical (unpaired) electrons. The van der Waals surface area contributed by atoms with Gasteiger partial charge >= 0.3 is 0 Å². The lowest BCUT2D eigenvalue weighted by atomic mass is 10.00. The van der Waals surface area contributed by atoms with E-state index in [4.69, 9.17) is 34.8 Å². The van der Waals surface area contributed by atoms with Gasteiger partial charge in [-0.3, -0.25) is 4.79 Å². The van der Waals surface area contributed by atoms with E-state index in [1.807, 2.05) is 0 Å². The molecule has 0 aromatic heterocycles. The largest absolute Gasteiger partial charge is 0.276 e. The van der Waals surface area contributed by atoms with E-state index < -0.39 is 11.1 Å². The molecule has 0 atom stereocenters. The Balaban J connectivity index is 2.70. The summed E-state index contributed by atoms with van der Waals surface area (Å²) in [5.74, 6) is -0.541. The molecule has 1 nitrogen and oxygen atoms in total. The second kappa shape index (κ2) is 5.27. The molecule has 0 saturated heterocycles. The highest BCUT2D eigenvalue weighted by Gasteiger charge is 2.14. The number of hydrogen-bond acceptors (Lipinski definition) is 1. The second-order valence-corrected chi connectivity index (χ2v) is 4.77. The SMILES string of the molecule is O=C(Cl)c1cc(F)ccc1-c1cc(Cl)ccc1Cl. The smallest absolute Gasteiger partial charge is 0.253 e. The fraction of sp³-hybridized carbons (Fsp3) is 0.